The highest BCUT2D eigenvalue weighted by Gasteiger charge is 1.95. The molecule has 1 rings (SSSR count). The molecule has 0 aliphatic rings. The van der Waals surface area contributed by atoms with Gasteiger partial charge >= 0.3 is 0 Å². The Kier molecular flexibility index (Phi) is 4.66. The van der Waals surface area contributed by atoms with E-state index in [4.69, 9.17) is 0 Å². The smallest absolute Gasteiger partial charge is 0.0858 e. The van der Waals surface area contributed by atoms with Crippen molar-refractivity contribution in [3.63, 3.8) is 0 Å². The maximum atomic E-state index is 2.26. The lowest BCUT2D eigenvalue weighted by atomic mass is 9.88. The molecular formula is C12H19B. The van der Waals surface area contributed by atoms with Crippen LogP contribution in [0.25, 0.3) is 0 Å². The molecule has 13 heavy (non-hydrogen) atoms. The fourth-order valence-electron chi connectivity index (χ4n) is 1.63. The van der Waals surface area contributed by atoms with Crippen LogP contribution in [0.1, 0.15) is 38.2 Å². The first-order chi connectivity index (χ1) is 6.34. The second-order valence-electron chi connectivity index (χ2n) is 3.74. The van der Waals surface area contributed by atoms with Gasteiger partial charge in [-0.3, -0.25) is 0 Å². The van der Waals surface area contributed by atoms with Gasteiger partial charge in [0.1, 0.15) is 7.85 Å². The molecule has 1 aromatic rings. The monoisotopic (exact) mass is 174 g/mol. The van der Waals surface area contributed by atoms with Gasteiger partial charge in [0.25, 0.3) is 0 Å². The van der Waals surface area contributed by atoms with Crippen molar-refractivity contribution in [3.8, 4) is 0 Å². The van der Waals surface area contributed by atoms with Crippen LogP contribution in [-0.4, -0.2) is 7.85 Å². The molecule has 0 saturated heterocycles. The third-order valence-corrected chi connectivity index (χ3v) is 2.56. The van der Waals surface area contributed by atoms with Gasteiger partial charge in [-0.1, -0.05) is 61.5 Å². The Morgan fingerprint density at radius 3 is 2.54 bits per heavy atom. The largest absolute Gasteiger partial charge is 0.139 e. The van der Waals surface area contributed by atoms with Crippen molar-refractivity contribution in [2.24, 2.45) is 0 Å². The molecule has 0 aliphatic heterocycles. The molecule has 1 aromatic carbocycles. The summed E-state index contributed by atoms with van der Waals surface area (Å²) in [6, 6.07) is 8.71. The molecule has 0 bridgehead atoms. The summed E-state index contributed by atoms with van der Waals surface area (Å²) in [4.78, 5) is 0. The van der Waals surface area contributed by atoms with Crippen LogP contribution in [0.4, 0.5) is 0 Å². The Bertz CT molecular complexity index is 243. The van der Waals surface area contributed by atoms with Crippen molar-refractivity contribution in [2.75, 3.05) is 0 Å². The summed E-state index contributed by atoms with van der Waals surface area (Å²) in [6.45, 7) is 2.26. The topological polar surface area (TPSA) is 0 Å². The van der Waals surface area contributed by atoms with Crippen molar-refractivity contribution in [2.45, 2.75) is 39.0 Å². The second-order valence-corrected chi connectivity index (χ2v) is 3.74. The first-order valence-electron chi connectivity index (χ1n) is 5.39. The minimum atomic E-state index is 1.26. The maximum Gasteiger partial charge on any atom is 0.139 e. The van der Waals surface area contributed by atoms with Crippen LogP contribution in [0, 0.1) is 0 Å². The molecule has 0 spiro atoms. The maximum absolute atomic E-state index is 2.26. The molecule has 0 radical (unpaired) electrons. The zero-order chi connectivity index (χ0) is 9.52. The normalized spacial score (nSPS) is 10.2. The van der Waals surface area contributed by atoms with Gasteiger partial charge in [-0.05, 0) is 12.8 Å². The van der Waals surface area contributed by atoms with Crippen LogP contribution in [0.15, 0.2) is 24.3 Å². The fourth-order valence-corrected chi connectivity index (χ4v) is 1.63. The van der Waals surface area contributed by atoms with Crippen LogP contribution >= 0.6 is 0 Å². The molecule has 0 fully saturated rings. The molecule has 0 heterocycles. The minimum absolute atomic E-state index is 1.26. The van der Waals surface area contributed by atoms with Gasteiger partial charge in [0.2, 0.25) is 0 Å². The zero-order valence-corrected chi connectivity index (χ0v) is 8.84. The van der Waals surface area contributed by atoms with E-state index in [2.05, 4.69) is 39.0 Å². The van der Waals surface area contributed by atoms with Crippen LogP contribution in [0.5, 0.6) is 0 Å². The van der Waals surface area contributed by atoms with Crippen molar-refractivity contribution in [3.05, 3.63) is 29.8 Å². The summed E-state index contributed by atoms with van der Waals surface area (Å²) < 4.78 is 0. The molecule has 70 valence electrons. The first-order valence-corrected chi connectivity index (χ1v) is 5.39. The first kappa shape index (κ1) is 10.4. The van der Waals surface area contributed by atoms with Gasteiger partial charge in [0, 0.05) is 0 Å². The lowest BCUT2D eigenvalue weighted by molar-refractivity contribution is 0.668. The highest BCUT2D eigenvalue weighted by molar-refractivity contribution is 6.33. The van der Waals surface area contributed by atoms with Gasteiger partial charge in [0.15, 0.2) is 0 Å². The minimum Gasteiger partial charge on any atom is -0.0858 e. The van der Waals surface area contributed by atoms with Crippen LogP contribution in [-0.2, 0) is 6.42 Å². The van der Waals surface area contributed by atoms with Gasteiger partial charge in [-0.2, -0.15) is 0 Å². The zero-order valence-electron chi connectivity index (χ0n) is 8.84. The summed E-state index contributed by atoms with van der Waals surface area (Å²) in [5.74, 6) is 0. The Hall–Kier alpha value is -0.715. The summed E-state index contributed by atoms with van der Waals surface area (Å²) in [6.07, 6.45) is 6.69. The Balaban J connectivity index is 2.32. The third-order valence-electron chi connectivity index (χ3n) is 2.56. The number of hydrogen-bond acceptors (Lipinski definition) is 0. The summed E-state index contributed by atoms with van der Waals surface area (Å²) >= 11 is 0. The van der Waals surface area contributed by atoms with E-state index in [0.717, 1.165) is 0 Å². The molecule has 0 N–H and O–H groups in total. The number of unbranched alkanes of at least 4 members (excludes halogenated alkanes) is 3. The van der Waals surface area contributed by atoms with E-state index in [1.807, 2.05) is 0 Å². The van der Waals surface area contributed by atoms with Crippen molar-refractivity contribution in [1.29, 1.82) is 0 Å². The molecule has 0 unspecified atom stereocenters. The SMILES string of the molecule is Bc1ccccc1CCCCCC. The van der Waals surface area contributed by atoms with E-state index >= 15 is 0 Å². The second kappa shape index (κ2) is 5.85. The van der Waals surface area contributed by atoms with Gasteiger partial charge < -0.3 is 0 Å². The van der Waals surface area contributed by atoms with Gasteiger partial charge in [0.05, 0.1) is 0 Å². The molecule has 0 atom stereocenters. The third kappa shape index (κ3) is 3.67. The summed E-state index contributed by atoms with van der Waals surface area (Å²) in [5.41, 5.74) is 2.97. The Labute approximate surface area is 82.8 Å². The van der Waals surface area contributed by atoms with Crippen molar-refractivity contribution >= 4 is 13.3 Å². The fraction of sp³-hybridized carbons (Fsp3) is 0.500. The predicted molar refractivity (Wildman–Crippen MR) is 62.5 cm³/mol. The molecule has 1 heteroatoms. The molecule has 0 amide bonds. The molecular weight excluding hydrogens is 155 g/mol. The number of aryl methyl sites for hydroxylation is 1. The number of rotatable bonds is 5. The molecule has 0 aliphatic carbocycles. The van der Waals surface area contributed by atoms with Gasteiger partial charge in [-0.25, -0.2) is 0 Å². The van der Waals surface area contributed by atoms with Crippen LogP contribution in [0.2, 0.25) is 0 Å². The van der Waals surface area contributed by atoms with Gasteiger partial charge in [-0.15, -0.1) is 0 Å². The summed E-state index contributed by atoms with van der Waals surface area (Å²) in [5, 5.41) is 0. The van der Waals surface area contributed by atoms with Crippen molar-refractivity contribution in [1.82, 2.24) is 0 Å². The number of benzene rings is 1. The van der Waals surface area contributed by atoms with Crippen molar-refractivity contribution < 1.29 is 0 Å². The Morgan fingerprint density at radius 2 is 1.85 bits per heavy atom. The van der Waals surface area contributed by atoms with Crippen LogP contribution < -0.4 is 5.46 Å². The lowest BCUT2D eigenvalue weighted by Crippen LogP contribution is -2.09. The standard InChI is InChI=1S/C12H19B/c1-2-3-4-5-8-11-9-6-7-10-12(11)13/h6-7,9-10H,2-5,8,13H2,1H3. The average molecular weight is 174 g/mol. The highest BCUT2D eigenvalue weighted by Crippen LogP contribution is 2.05. The van der Waals surface area contributed by atoms with E-state index < -0.39 is 0 Å². The quantitative estimate of drug-likeness (QED) is 0.473. The Morgan fingerprint density at radius 1 is 1.08 bits per heavy atom. The van der Waals surface area contributed by atoms with E-state index in [1.54, 1.807) is 0 Å². The lowest BCUT2D eigenvalue weighted by Gasteiger charge is -2.04. The summed E-state index contributed by atoms with van der Waals surface area (Å²) in [7, 11) is 2.20. The highest BCUT2D eigenvalue weighted by atomic mass is 14.0. The average Bonchev–Trinajstić information content (AvgIpc) is 2.15. The van der Waals surface area contributed by atoms with Crippen LogP contribution in [0.3, 0.4) is 0 Å². The van der Waals surface area contributed by atoms with E-state index in [0.29, 0.717) is 0 Å². The molecule has 0 aromatic heterocycles. The predicted octanol–water partition coefficient (Wildman–Crippen LogP) is 2.07. The number of hydrogen-bond donors (Lipinski definition) is 0. The molecule has 0 saturated carbocycles. The van der Waals surface area contributed by atoms with E-state index in [-0.39, 0.29) is 0 Å². The van der Waals surface area contributed by atoms with E-state index in [9.17, 15) is 0 Å². The van der Waals surface area contributed by atoms with E-state index in [1.165, 1.54) is 43.1 Å². The molecule has 0 nitrogen and oxygen atoms in total.